The molecule has 0 aliphatic carbocycles. The molecule has 0 saturated carbocycles. The van der Waals surface area contributed by atoms with E-state index >= 15 is 0 Å². The molecule has 1 unspecified atom stereocenters. The molecule has 3 nitrogen and oxygen atoms in total. The van der Waals surface area contributed by atoms with Gasteiger partial charge in [0, 0.05) is 31.4 Å². The van der Waals surface area contributed by atoms with Crippen molar-refractivity contribution in [3.63, 3.8) is 0 Å². The van der Waals surface area contributed by atoms with Gasteiger partial charge in [0.1, 0.15) is 0 Å². The SMILES string of the molecule is CCCCN(CC(O)CNC(C)C)c1ccccc1. The molecular formula is C16H28N2O. The van der Waals surface area contributed by atoms with Gasteiger partial charge in [0.05, 0.1) is 6.10 Å². The molecule has 0 radical (unpaired) electrons. The summed E-state index contributed by atoms with van der Waals surface area (Å²) in [6, 6.07) is 10.8. The number of rotatable bonds is 9. The Labute approximate surface area is 117 Å². The molecule has 0 aromatic heterocycles. The lowest BCUT2D eigenvalue weighted by Gasteiger charge is -2.27. The minimum Gasteiger partial charge on any atom is -0.390 e. The fraction of sp³-hybridized carbons (Fsp3) is 0.625. The maximum absolute atomic E-state index is 10.1. The zero-order chi connectivity index (χ0) is 14.1. The van der Waals surface area contributed by atoms with Gasteiger partial charge >= 0.3 is 0 Å². The van der Waals surface area contributed by atoms with Crippen LogP contribution in [0.4, 0.5) is 5.69 Å². The molecule has 1 atom stereocenters. The Hall–Kier alpha value is -1.06. The van der Waals surface area contributed by atoms with Gasteiger partial charge in [-0.05, 0) is 18.6 Å². The summed E-state index contributed by atoms with van der Waals surface area (Å²) in [7, 11) is 0. The number of para-hydroxylation sites is 1. The molecule has 0 aliphatic rings. The molecular weight excluding hydrogens is 236 g/mol. The number of anilines is 1. The van der Waals surface area contributed by atoms with Crippen LogP contribution in [0.15, 0.2) is 30.3 Å². The molecule has 0 heterocycles. The van der Waals surface area contributed by atoms with Crippen molar-refractivity contribution in [2.75, 3.05) is 24.5 Å². The fourth-order valence-corrected chi connectivity index (χ4v) is 2.00. The summed E-state index contributed by atoms with van der Waals surface area (Å²) in [4.78, 5) is 2.27. The average Bonchev–Trinajstić information content (AvgIpc) is 2.42. The van der Waals surface area contributed by atoms with E-state index < -0.39 is 0 Å². The van der Waals surface area contributed by atoms with Gasteiger partial charge in [0.15, 0.2) is 0 Å². The van der Waals surface area contributed by atoms with Crippen molar-refractivity contribution in [1.82, 2.24) is 5.32 Å². The molecule has 0 amide bonds. The molecule has 19 heavy (non-hydrogen) atoms. The Bertz CT molecular complexity index is 327. The van der Waals surface area contributed by atoms with E-state index in [9.17, 15) is 5.11 Å². The second kappa shape index (κ2) is 8.94. The summed E-state index contributed by atoms with van der Waals surface area (Å²) in [6.07, 6.45) is 1.99. The van der Waals surface area contributed by atoms with Gasteiger partial charge in [-0.1, -0.05) is 45.4 Å². The van der Waals surface area contributed by atoms with Crippen LogP contribution < -0.4 is 10.2 Å². The first kappa shape index (κ1) is 16.0. The van der Waals surface area contributed by atoms with Crippen molar-refractivity contribution in [3.05, 3.63) is 30.3 Å². The van der Waals surface area contributed by atoms with Crippen LogP contribution in [-0.2, 0) is 0 Å². The highest BCUT2D eigenvalue weighted by Gasteiger charge is 2.12. The number of aliphatic hydroxyl groups excluding tert-OH is 1. The Morgan fingerprint density at radius 2 is 1.89 bits per heavy atom. The highest BCUT2D eigenvalue weighted by Crippen LogP contribution is 2.14. The number of nitrogens with zero attached hydrogens (tertiary/aromatic N) is 1. The van der Waals surface area contributed by atoms with Gasteiger partial charge < -0.3 is 15.3 Å². The second-order valence-electron chi connectivity index (χ2n) is 5.35. The molecule has 0 aliphatic heterocycles. The van der Waals surface area contributed by atoms with Gasteiger partial charge in [-0.25, -0.2) is 0 Å². The summed E-state index contributed by atoms with van der Waals surface area (Å²) in [5.41, 5.74) is 1.19. The predicted molar refractivity (Wildman–Crippen MR) is 82.7 cm³/mol. The van der Waals surface area contributed by atoms with Crippen LogP contribution in [0.2, 0.25) is 0 Å². The molecule has 3 heteroatoms. The average molecular weight is 264 g/mol. The normalized spacial score (nSPS) is 12.7. The number of hydrogen-bond acceptors (Lipinski definition) is 3. The van der Waals surface area contributed by atoms with Crippen molar-refractivity contribution in [3.8, 4) is 0 Å². The van der Waals surface area contributed by atoms with Crippen molar-refractivity contribution in [1.29, 1.82) is 0 Å². The molecule has 108 valence electrons. The van der Waals surface area contributed by atoms with Gasteiger partial charge in [-0.15, -0.1) is 0 Å². The standard InChI is InChI=1S/C16H28N2O/c1-4-5-11-18(15-9-7-6-8-10-15)13-16(19)12-17-14(2)3/h6-10,14,16-17,19H,4-5,11-13H2,1-3H3. The Morgan fingerprint density at radius 1 is 1.21 bits per heavy atom. The van der Waals surface area contributed by atoms with Crippen molar-refractivity contribution >= 4 is 5.69 Å². The molecule has 1 aromatic rings. The third-order valence-corrected chi connectivity index (χ3v) is 3.10. The number of nitrogens with one attached hydrogen (secondary N) is 1. The summed E-state index contributed by atoms with van der Waals surface area (Å²) < 4.78 is 0. The maximum atomic E-state index is 10.1. The topological polar surface area (TPSA) is 35.5 Å². The third kappa shape index (κ3) is 6.60. The molecule has 0 bridgehead atoms. The highest BCUT2D eigenvalue weighted by molar-refractivity contribution is 5.46. The first-order chi connectivity index (χ1) is 9.13. The minimum absolute atomic E-state index is 0.334. The molecule has 0 spiro atoms. The van der Waals surface area contributed by atoms with Crippen LogP contribution in [0.25, 0.3) is 0 Å². The number of hydrogen-bond donors (Lipinski definition) is 2. The van der Waals surface area contributed by atoms with Gasteiger partial charge in [0.25, 0.3) is 0 Å². The van der Waals surface area contributed by atoms with Gasteiger partial charge in [-0.3, -0.25) is 0 Å². The van der Waals surface area contributed by atoms with Crippen LogP contribution in [0, 0.1) is 0 Å². The summed E-state index contributed by atoms with van der Waals surface area (Å²) in [6.45, 7) is 8.72. The van der Waals surface area contributed by atoms with E-state index in [2.05, 4.69) is 43.1 Å². The second-order valence-corrected chi connectivity index (χ2v) is 5.35. The van der Waals surface area contributed by atoms with E-state index in [-0.39, 0.29) is 6.10 Å². The number of aliphatic hydroxyl groups is 1. The Morgan fingerprint density at radius 3 is 2.47 bits per heavy atom. The lowest BCUT2D eigenvalue weighted by atomic mass is 10.2. The van der Waals surface area contributed by atoms with E-state index in [1.54, 1.807) is 0 Å². The van der Waals surface area contributed by atoms with E-state index in [0.29, 0.717) is 19.1 Å². The monoisotopic (exact) mass is 264 g/mol. The molecule has 1 aromatic carbocycles. The van der Waals surface area contributed by atoms with E-state index in [1.807, 2.05) is 18.2 Å². The van der Waals surface area contributed by atoms with Crippen LogP contribution in [0.3, 0.4) is 0 Å². The Kier molecular flexibility index (Phi) is 7.53. The van der Waals surface area contributed by atoms with Gasteiger partial charge in [-0.2, -0.15) is 0 Å². The molecule has 2 N–H and O–H groups in total. The lowest BCUT2D eigenvalue weighted by Crippen LogP contribution is -2.40. The Balaban J connectivity index is 2.54. The first-order valence-corrected chi connectivity index (χ1v) is 7.35. The molecule has 1 rings (SSSR count). The zero-order valence-corrected chi connectivity index (χ0v) is 12.5. The van der Waals surface area contributed by atoms with Crippen molar-refractivity contribution in [2.24, 2.45) is 0 Å². The van der Waals surface area contributed by atoms with Crippen LogP contribution in [0.1, 0.15) is 33.6 Å². The third-order valence-electron chi connectivity index (χ3n) is 3.10. The molecule has 0 saturated heterocycles. The van der Waals surface area contributed by atoms with Gasteiger partial charge in [0.2, 0.25) is 0 Å². The van der Waals surface area contributed by atoms with Crippen molar-refractivity contribution in [2.45, 2.75) is 45.8 Å². The maximum Gasteiger partial charge on any atom is 0.0839 e. The van der Waals surface area contributed by atoms with E-state index in [0.717, 1.165) is 13.0 Å². The first-order valence-electron chi connectivity index (χ1n) is 7.35. The summed E-state index contributed by atoms with van der Waals surface area (Å²) in [5.74, 6) is 0. The largest absolute Gasteiger partial charge is 0.390 e. The van der Waals surface area contributed by atoms with E-state index in [4.69, 9.17) is 0 Å². The molecule has 0 fully saturated rings. The quantitative estimate of drug-likeness (QED) is 0.720. The highest BCUT2D eigenvalue weighted by atomic mass is 16.3. The smallest absolute Gasteiger partial charge is 0.0839 e. The number of unbranched alkanes of at least 4 members (excludes halogenated alkanes) is 1. The zero-order valence-electron chi connectivity index (χ0n) is 12.5. The van der Waals surface area contributed by atoms with E-state index in [1.165, 1.54) is 12.1 Å². The summed E-state index contributed by atoms with van der Waals surface area (Å²) >= 11 is 0. The van der Waals surface area contributed by atoms with Crippen LogP contribution in [0.5, 0.6) is 0 Å². The fourth-order valence-electron chi connectivity index (χ4n) is 2.00. The predicted octanol–water partition coefficient (Wildman–Crippen LogP) is 2.65. The minimum atomic E-state index is -0.334. The van der Waals surface area contributed by atoms with Crippen LogP contribution >= 0.6 is 0 Å². The van der Waals surface area contributed by atoms with Crippen LogP contribution in [-0.4, -0.2) is 36.9 Å². The van der Waals surface area contributed by atoms with Crippen molar-refractivity contribution < 1.29 is 5.11 Å². The summed E-state index contributed by atoms with van der Waals surface area (Å²) in [5, 5.41) is 13.4. The number of benzene rings is 1. The lowest BCUT2D eigenvalue weighted by molar-refractivity contribution is 0.173.